The van der Waals surface area contributed by atoms with E-state index in [0.29, 0.717) is 12.3 Å². The predicted octanol–water partition coefficient (Wildman–Crippen LogP) is 2.82. The van der Waals surface area contributed by atoms with Gasteiger partial charge in [0, 0.05) is 42.7 Å². The van der Waals surface area contributed by atoms with E-state index in [1.54, 1.807) is 11.3 Å². The Balaban J connectivity index is 1.58. The molecule has 0 saturated carbocycles. The van der Waals surface area contributed by atoms with Crippen molar-refractivity contribution in [1.29, 1.82) is 0 Å². The van der Waals surface area contributed by atoms with E-state index >= 15 is 0 Å². The van der Waals surface area contributed by atoms with E-state index in [1.165, 1.54) is 10.6 Å². The first-order valence-corrected chi connectivity index (χ1v) is 8.70. The maximum Gasteiger partial charge on any atom is 0.222 e. The van der Waals surface area contributed by atoms with Gasteiger partial charge in [-0.2, -0.15) is 5.10 Å². The first kappa shape index (κ1) is 15.2. The van der Waals surface area contributed by atoms with Crippen LogP contribution in [0.4, 0.5) is 0 Å². The Morgan fingerprint density at radius 1 is 1.50 bits per heavy atom. The molecule has 6 heteroatoms. The molecule has 5 nitrogen and oxygen atoms in total. The standard InChI is InChI=1S/C16H22N4OS/c1-11-14(12(2)19-18-11)5-6-15(21)20-8-3-4-13(10-20)16-17-7-9-22-16/h7,9,13H,3-6,8,10H2,1-2H3,(H,18,19)/t13-/m0/s1. The third-order valence-electron chi connectivity index (χ3n) is 4.44. The van der Waals surface area contributed by atoms with Crippen molar-refractivity contribution in [3.05, 3.63) is 33.5 Å². The lowest BCUT2D eigenvalue weighted by Gasteiger charge is -2.32. The zero-order chi connectivity index (χ0) is 15.5. The number of piperidine rings is 1. The van der Waals surface area contributed by atoms with Gasteiger partial charge in [-0.15, -0.1) is 11.3 Å². The quantitative estimate of drug-likeness (QED) is 0.943. The number of thiazole rings is 1. The molecular weight excluding hydrogens is 296 g/mol. The summed E-state index contributed by atoms with van der Waals surface area (Å²) in [5.41, 5.74) is 3.26. The highest BCUT2D eigenvalue weighted by Crippen LogP contribution is 2.28. The van der Waals surface area contributed by atoms with Crippen LogP contribution in [0, 0.1) is 13.8 Å². The van der Waals surface area contributed by atoms with Crippen LogP contribution in [-0.2, 0) is 11.2 Å². The molecule has 0 bridgehead atoms. The number of carbonyl (C=O) groups is 1. The Morgan fingerprint density at radius 2 is 2.36 bits per heavy atom. The van der Waals surface area contributed by atoms with Gasteiger partial charge in [0.15, 0.2) is 0 Å². The number of carbonyl (C=O) groups excluding carboxylic acids is 1. The van der Waals surface area contributed by atoms with Gasteiger partial charge < -0.3 is 4.90 Å². The van der Waals surface area contributed by atoms with Crippen LogP contribution in [0.2, 0.25) is 0 Å². The van der Waals surface area contributed by atoms with Crippen molar-refractivity contribution in [1.82, 2.24) is 20.1 Å². The molecule has 2 aromatic rings. The third-order valence-corrected chi connectivity index (χ3v) is 5.38. The fourth-order valence-electron chi connectivity index (χ4n) is 3.17. The topological polar surface area (TPSA) is 61.9 Å². The molecule has 1 amide bonds. The van der Waals surface area contributed by atoms with Crippen molar-refractivity contribution >= 4 is 17.2 Å². The molecule has 0 radical (unpaired) electrons. The molecule has 1 atom stereocenters. The number of H-pyrrole nitrogens is 1. The predicted molar refractivity (Wildman–Crippen MR) is 87.1 cm³/mol. The third kappa shape index (κ3) is 3.21. The van der Waals surface area contributed by atoms with Crippen LogP contribution in [0.15, 0.2) is 11.6 Å². The monoisotopic (exact) mass is 318 g/mol. The zero-order valence-electron chi connectivity index (χ0n) is 13.1. The van der Waals surface area contributed by atoms with Crippen LogP contribution in [0.3, 0.4) is 0 Å². The van der Waals surface area contributed by atoms with Crippen molar-refractivity contribution in [3.8, 4) is 0 Å². The van der Waals surface area contributed by atoms with Gasteiger partial charge in [-0.05, 0) is 38.7 Å². The summed E-state index contributed by atoms with van der Waals surface area (Å²) in [6, 6.07) is 0. The van der Waals surface area contributed by atoms with E-state index in [0.717, 1.165) is 43.7 Å². The average molecular weight is 318 g/mol. The maximum absolute atomic E-state index is 12.5. The van der Waals surface area contributed by atoms with Gasteiger partial charge >= 0.3 is 0 Å². The van der Waals surface area contributed by atoms with Gasteiger partial charge in [0.25, 0.3) is 0 Å². The zero-order valence-corrected chi connectivity index (χ0v) is 13.9. The van der Waals surface area contributed by atoms with E-state index in [2.05, 4.69) is 15.2 Å². The summed E-state index contributed by atoms with van der Waals surface area (Å²) < 4.78 is 0. The Morgan fingerprint density at radius 3 is 3.05 bits per heavy atom. The fourth-order valence-corrected chi connectivity index (χ4v) is 3.94. The number of nitrogens with one attached hydrogen (secondary N) is 1. The van der Waals surface area contributed by atoms with Crippen molar-refractivity contribution in [2.75, 3.05) is 13.1 Å². The lowest BCUT2D eigenvalue weighted by atomic mass is 9.98. The summed E-state index contributed by atoms with van der Waals surface area (Å²) >= 11 is 1.70. The van der Waals surface area contributed by atoms with Gasteiger partial charge in [-0.1, -0.05) is 0 Å². The second-order valence-electron chi connectivity index (χ2n) is 5.96. The molecule has 1 fully saturated rings. The van der Waals surface area contributed by atoms with Crippen LogP contribution in [0.5, 0.6) is 0 Å². The summed E-state index contributed by atoms with van der Waals surface area (Å²) in [4.78, 5) is 18.9. The van der Waals surface area contributed by atoms with Crippen molar-refractivity contribution in [3.63, 3.8) is 0 Å². The molecule has 1 aliphatic rings. The van der Waals surface area contributed by atoms with E-state index in [1.807, 2.05) is 30.3 Å². The largest absolute Gasteiger partial charge is 0.342 e. The van der Waals surface area contributed by atoms with Crippen LogP contribution < -0.4 is 0 Å². The molecule has 0 unspecified atom stereocenters. The second kappa shape index (κ2) is 6.60. The first-order valence-electron chi connectivity index (χ1n) is 7.82. The van der Waals surface area contributed by atoms with Crippen molar-refractivity contribution in [2.24, 2.45) is 0 Å². The molecule has 1 aliphatic heterocycles. The lowest BCUT2D eigenvalue weighted by molar-refractivity contribution is -0.132. The molecule has 0 spiro atoms. The van der Waals surface area contributed by atoms with E-state index in [4.69, 9.17) is 0 Å². The highest BCUT2D eigenvalue weighted by Gasteiger charge is 2.26. The molecule has 1 saturated heterocycles. The molecule has 0 aromatic carbocycles. The maximum atomic E-state index is 12.5. The molecule has 0 aliphatic carbocycles. The number of likely N-dealkylation sites (tertiary alicyclic amines) is 1. The molecule has 3 heterocycles. The Bertz CT molecular complexity index is 615. The number of amides is 1. The van der Waals surface area contributed by atoms with Crippen LogP contribution in [-0.4, -0.2) is 39.1 Å². The molecule has 118 valence electrons. The Hall–Kier alpha value is -1.69. The average Bonchev–Trinajstić information content (AvgIpc) is 3.16. The van der Waals surface area contributed by atoms with Crippen LogP contribution in [0.25, 0.3) is 0 Å². The Labute approximate surface area is 134 Å². The highest BCUT2D eigenvalue weighted by atomic mass is 32.1. The van der Waals surface area contributed by atoms with Gasteiger partial charge in [0.1, 0.15) is 0 Å². The molecule has 1 N–H and O–H groups in total. The van der Waals surface area contributed by atoms with Crippen molar-refractivity contribution in [2.45, 2.75) is 45.4 Å². The number of aromatic amines is 1. The summed E-state index contributed by atoms with van der Waals surface area (Å²) in [7, 11) is 0. The number of hydrogen-bond donors (Lipinski definition) is 1. The van der Waals surface area contributed by atoms with Crippen LogP contribution >= 0.6 is 11.3 Å². The molecule has 2 aromatic heterocycles. The first-order chi connectivity index (χ1) is 10.6. The van der Waals surface area contributed by atoms with E-state index < -0.39 is 0 Å². The molecule has 3 rings (SSSR count). The van der Waals surface area contributed by atoms with E-state index in [9.17, 15) is 4.79 Å². The SMILES string of the molecule is Cc1n[nH]c(C)c1CCC(=O)N1CCC[C@H](c2nccs2)C1. The highest BCUT2D eigenvalue weighted by molar-refractivity contribution is 7.09. The lowest BCUT2D eigenvalue weighted by Crippen LogP contribution is -2.39. The van der Waals surface area contributed by atoms with Gasteiger partial charge in [0.2, 0.25) is 5.91 Å². The summed E-state index contributed by atoms with van der Waals surface area (Å²) in [5.74, 6) is 0.663. The molecular formula is C16H22N4OS. The van der Waals surface area contributed by atoms with Crippen molar-refractivity contribution < 1.29 is 4.79 Å². The summed E-state index contributed by atoms with van der Waals surface area (Å²) in [5, 5.41) is 10.4. The van der Waals surface area contributed by atoms with Gasteiger partial charge in [0.05, 0.1) is 10.7 Å². The molecule has 22 heavy (non-hydrogen) atoms. The minimum absolute atomic E-state index is 0.251. The smallest absolute Gasteiger partial charge is 0.222 e. The summed E-state index contributed by atoms with van der Waals surface area (Å²) in [6.45, 7) is 5.70. The van der Waals surface area contributed by atoms with Crippen LogP contribution in [0.1, 0.15) is 47.1 Å². The van der Waals surface area contributed by atoms with Gasteiger partial charge in [-0.3, -0.25) is 9.89 Å². The number of nitrogens with zero attached hydrogens (tertiary/aromatic N) is 3. The normalized spacial score (nSPS) is 18.6. The number of aryl methyl sites for hydroxylation is 2. The fraction of sp³-hybridized carbons (Fsp3) is 0.562. The minimum Gasteiger partial charge on any atom is -0.342 e. The number of rotatable bonds is 4. The second-order valence-corrected chi connectivity index (χ2v) is 6.89. The summed E-state index contributed by atoms with van der Waals surface area (Å²) in [6.07, 6.45) is 5.39. The Kier molecular flexibility index (Phi) is 4.57. The number of aromatic nitrogens is 3. The minimum atomic E-state index is 0.251. The number of hydrogen-bond acceptors (Lipinski definition) is 4. The van der Waals surface area contributed by atoms with Gasteiger partial charge in [-0.25, -0.2) is 4.98 Å². The van der Waals surface area contributed by atoms with E-state index in [-0.39, 0.29) is 5.91 Å².